The molecule has 2 amide bonds. The number of carbonyl (C=O) groups excluding carboxylic acids is 1. The van der Waals surface area contributed by atoms with Gasteiger partial charge in [-0.25, -0.2) is 9.78 Å². The molecule has 0 unspecified atom stereocenters. The monoisotopic (exact) mass is 315 g/mol. The molecule has 0 radical (unpaired) electrons. The van der Waals surface area contributed by atoms with Crippen LogP contribution in [0.2, 0.25) is 0 Å². The minimum absolute atomic E-state index is 0.228. The third-order valence-electron chi connectivity index (χ3n) is 3.46. The number of aryl methyl sites for hydroxylation is 2. The maximum absolute atomic E-state index is 12.0. The molecule has 2 aromatic heterocycles. The summed E-state index contributed by atoms with van der Waals surface area (Å²) in [4.78, 5) is 17.2. The molecule has 0 aliphatic rings. The molecule has 0 fully saturated rings. The summed E-state index contributed by atoms with van der Waals surface area (Å²) in [5, 5.41) is 7.27. The van der Waals surface area contributed by atoms with Crippen molar-refractivity contribution in [2.75, 3.05) is 5.32 Å². The van der Waals surface area contributed by atoms with Gasteiger partial charge >= 0.3 is 6.03 Å². The first-order valence-electron chi connectivity index (χ1n) is 7.02. The second-order valence-electron chi connectivity index (χ2n) is 5.18. The summed E-state index contributed by atoms with van der Waals surface area (Å²) in [6.45, 7) is 5.85. The summed E-state index contributed by atoms with van der Waals surface area (Å²) in [5.74, 6) is 0.770. The Morgan fingerprint density at radius 3 is 2.77 bits per heavy atom. The number of carbonyl (C=O) groups is 1. The molecular formula is C16H17N3O2S. The first-order valence-corrected chi connectivity index (χ1v) is 7.84. The van der Waals surface area contributed by atoms with Crippen molar-refractivity contribution >= 4 is 33.5 Å². The molecule has 5 nitrogen and oxygen atoms in total. The highest BCUT2D eigenvalue weighted by Gasteiger charge is 2.18. The van der Waals surface area contributed by atoms with Crippen LogP contribution in [-0.4, -0.2) is 11.0 Å². The highest BCUT2D eigenvalue weighted by atomic mass is 32.1. The van der Waals surface area contributed by atoms with Gasteiger partial charge in [-0.05, 0) is 26.8 Å². The van der Waals surface area contributed by atoms with Crippen LogP contribution < -0.4 is 10.6 Å². The van der Waals surface area contributed by atoms with E-state index in [2.05, 4.69) is 15.6 Å². The maximum Gasteiger partial charge on any atom is 0.321 e. The van der Waals surface area contributed by atoms with Crippen molar-refractivity contribution < 1.29 is 9.21 Å². The van der Waals surface area contributed by atoms with Crippen LogP contribution in [0.15, 0.2) is 34.9 Å². The van der Waals surface area contributed by atoms with Crippen LogP contribution >= 0.6 is 11.3 Å². The van der Waals surface area contributed by atoms with Crippen molar-refractivity contribution in [2.24, 2.45) is 0 Å². The van der Waals surface area contributed by atoms with E-state index in [0.29, 0.717) is 5.13 Å². The lowest BCUT2D eigenvalue weighted by atomic mass is 10.1. The predicted octanol–water partition coefficient (Wildman–Crippen LogP) is 4.39. The van der Waals surface area contributed by atoms with Gasteiger partial charge in [0.1, 0.15) is 11.3 Å². The Kier molecular flexibility index (Phi) is 3.85. The second kappa shape index (κ2) is 5.81. The largest absolute Gasteiger partial charge is 0.459 e. The SMILES string of the molecule is Cc1cnc(NC(=O)N[C@@H](C)c2oc3ccccc3c2C)s1. The number of benzene rings is 1. The summed E-state index contributed by atoms with van der Waals surface area (Å²) < 4.78 is 5.86. The van der Waals surface area contributed by atoms with Crippen molar-refractivity contribution in [1.29, 1.82) is 0 Å². The molecule has 6 heteroatoms. The zero-order valence-electron chi connectivity index (χ0n) is 12.6. The van der Waals surface area contributed by atoms with Gasteiger partial charge in [0.15, 0.2) is 5.13 Å². The quantitative estimate of drug-likeness (QED) is 0.753. The Labute approximate surface area is 132 Å². The molecule has 0 aliphatic carbocycles. The van der Waals surface area contributed by atoms with Gasteiger partial charge in [-0.1, -0.05) is 18.2 Å². The number of nitrogens with one attached hydrogen (secondary N) is 2. The summed E-state index contributed by atoms with van der Waals surface area (Å²) >= 11 is 1.44. The van der Waals surface area contributed by atoms with E-state index >= 15 is 0 Å². The van der Waals surface area contributed by atoms with Gasteiger partial charge in [-0.2, -0.15) is 0 Å². The summed E-state index contributed by atoms with van der Waals surface area (Å²) in [7, 11) is 0. The highest BCUT2D eigenvalue weighted by molar-refractivity contribution is 7.15. The van der Waals surface area contributed by atoms with Crippen LogP contribution in [0.25, 0.3) is 11.0 Å². The van der Waals surface area contributed by atoms with E-state index in [1.54, 1.807) is 6.20 Å². The maximum atomic E-state index is 12.0. The van der Waals surface area contributed by atoms with Crippen molar-refractivity contribution in [3.05, 3.63) is 46.7 Å². The number of thiazole rings is 1. The number of hydrogen-bond acceptors (Lipinski definition) is 4. The second-order valence-corrected chi connectivity index (χ2v) is 6.42. The number of nitrogens with zero attached hydrogens (tertiary/aromatic N) is 1. The molecule has 0 spiro atoms. The van der Waals surface area contributed by atoms with Crippen LogP contribution in [0.4, 0.5) is 9.93 Å². The molecule has 22 heavy (non-hydrogen) atoms. The lowest BCUT2D eigenvalue weighted by molar-refractivity contribution is 0.248. The van der Waals surface area contributed by atoms with Gasteiger partial charge in [-0.15, -0.1) is 11.3 Å². The molecule has 1 aromatic carbocycles. The van der Waals surface area contributed by atoms with Gasteiger partial charge in [-0.3, -0.25) is 5.32 Å². The summed E-state index contributed by atoms with van der Waals surface area (Å²) in [6.07, 6.45) is 1.73. The zero-order chi connectivity index (χ0) is 15.7. The highest BCUT2D eigenvalue weighted by Crippen LogP contribution is 2.29. The molecule has 0 bridgehead atoms. The Balaban J connectivity index is 1.74. The molecule has 0 saturated heterocycles. The van der Waals surface area contributed by atoms with Gasteiger partial charge in [0.05, 0.1) is 6.04 Å². The fraction of sp³-hybridized carbons (Fsp3) is 0.250. The fourth-order valence-corrected chi connectivity index (χ4v) is 3.07. The number of amides is 2. The third kappa shape index (κ3) is 2.82. The molecule has 2 heterocycles. The lowest BCUT2D eigenvalue weighted by Crippen LogP contribution is -2.31. The van der Waals surface area contributed by atoms with Gasteiger partial charge in [0, 0.05) is 22.0 Å². The van der Waals surface area contributed by atoms with Crippen LogP contribution in [0.5, 0.6) is 0 Å². The number of anilines is 1. The molecular weight excluding hydrogens is 298 g/mol. The van der Waals surface area contributed by atoms with E-state index in [-0.39, 0.29) is 12.1 Å². The van der Waals surface area contributed by atoms with E-state index in [1.807, 2.05) is 45.0 Å². The number of urea groups is 1. The van der Waals surface area contributed by atoms with E-state index in [9.17, 15) is 4.79 Å². The molecule has 0 aliphatic heterocycles. The van der Waals surface area contributed by atoms with E-state index < -0.39 is 0 Å². The fourth-order valence-electron chi connectivity index (χ4n) is 2.41. The van der Waals surface area contributed by atoms with Crippen LogP contribution in [0.3, 0.4) is 0 Å². The van der Waals surface area contributed by atoms with Crippen molar-refractivity contribution in [1.82, 2.24) is 10.3 Å². The van der Waals surface area contributed by atoms with E-state index in [0.717, 1.165) is 27.2 Å². The number of fused-ring (bicyclic) bond motifs is 1. The van der Waals surface area contributed by atoms with E-state index in [1.165, 1.54) is 11.3 Å². The normalized spacial score (nSPS) is 12.3. The first-order chi connectivity index (χ1) is 10.5. The number of rotatable bonds is 3. The molecule has 3 rings (SSSR count). The Morgan fingerprint density at radius 2 is 2.09 bits per heavy atom. The Hall–Kier alpha value is -2.34. The summed E-state index contributed by atoms with van der Waals surface area (Å²) in [6, 6.07) is 7.34. The molecule has 114 valence electrons. The third-order valence-corrected chi connectivity index (χ3v) is 4.29. The predicted molar refractivity (Wildman–Crippen MR) is 88.4 cm³/mol. The van der Waals surface area contributed by atoms with Crippen molar-refractivity contribution in [3.63, 3.8) is 0 Å². The lowest BCUT2D eigenvalue weighted by Gasteiger charge is -2.12. The van der Waals surface area contributed by atoms with Gasteiger partial charge in [0.25, 0.3) is 0 Å². The van der Waals surface area contributed by atoms with E-state index in [4.69, 9.17) is 4.42 Å². The molecule has 0 saturated carbocycles. The summed E-state index contributed by atoms with van der Waals surface area (Å²) in [5.41, 5.74) is 1.88. The molecule has 2 N–H and O–H groups in total. The minimum Gasteiger partial charge on any atom is -0.459 e. The zero-order valence-corrected chi connectivity index (χ0v) is 13.5. The average Bonchev–Trinajstić information content (AvgIpc) is 3.03. The number of aromatic nitrogens is 1. The number of furan rings is 1. The van der Waals surface area contributed by atoms with Crippen LogP contribution in [0.1, 0.15) is 29.2 Å². The number of hydrogen-bond donors (Lipinski definition) is 2. The van der Waals surface area contributed by atoms with Gasteiger partial charge < -0.3 is 9.73 Å². The molecule has 1 atom stereocenters. The van der Waals surface area contributed by atoms with Gasteiger partial charge in [0.2, 0.25) is 0 Å². The van der Waals surface area contributed by atoms with Crippen molar-refractivity contribution in [2.45, 2.75) is 26.8 Å². The minimum atomic E-state index is -0.290. The van der Waals surface area contributed by atoms with Crippen molar-refractivity contribution in [3.8, 4) is 0 Å². The topological polar surface area (TPSA) is 67.2 Å². The Bertz CT molecular complexity index is 822. The molecule has 3 aromatic rings. The first kappa shape index (κ1) is 14.6. The van der Waals surface area contributed by atoms with Crippen LogP contribution in [-0.2, 0) is 0 Å². The Morgan fingerprint density at radius 1 is 1.32 bits per heavy atom. The standard InChI is InChI=1S/C16H17N3O2S/c1-9-8-17-16(22-9)19-15(20)18-11(3)14-10(2)12-6-4-5-7-13(12)21-14/h4-8,11H,1-3H3,(H2,17,18,19,20)/t11-/m0/s1. The smallest absolute Gasteiger partial charge is 0.321 e. The number of para-hydroxylation sites is 1. The average molecular weight is 315 g/mol. The van der Waals surface area contributed by atoms with Crippen LogP contribution in [0, 0.1) is 13.8 Å².